The van der Waals surface area contributed by atoms with Gasteiger partial charge in [-0.05, 0) is 49.5 Å². The van der Waals surface area contributed by atoms with Crippen LogP contribution in [0.25, 0.3) is 0 Å². The van der Waals surface area contributed by atoms with E-state index in [0.29, 0.717) is 0 Å². The molecule has 0 radical (unpaired) electrons. The summed E-state index contributed by atoms with van der Waals surface area (Å²) in [5.41, 5.74) is 1.41. The molecule has 1 atom stereocenters. The van der Waals surface area contributed by atoms with Gasteiger partial charge in [0.25, 0.3) is 0 Å². The number of benzene rings is 1. The molecular weight excluding hydrogens is 218 g/mol. The van der Waals surface area contributed by atoms with Gasteiger partial charge in [0.05, 0.1) is 0 Å². The van der Waals surface area contributed by atoms with Gasteiger partial charge < -0.3 is 5.32 Å². The summed E-state index contributed by atoms with van der Waals surface area (Å²) in [5.74, 6) is 1.73. The van der Waals surface area contributed by atoms with E-state index in [2.05, 4.69) is 17.4 Å². The number of halogens is 1. The minimum Gasteiger partial charge on any atom is -0.319 e. The van der Waals surface area contributed by atoms with Crippen molar-refractivity contribution >= 4 is 11.6 Å². The summed E-state index contributed by atoms with van der Waals surface area (Å²) >= 11 is 5.90. The van der Waals surface area contributed by atoms with Crippen LogP contribution in [0, 0.1) is 11.8 Å². The van der Waals surface area contributed by atoms with E-state index in [1.165, 1.54) is 31.2 Å². The van der Waals surface area contributed by atoms with Crippen molar-refractivity contribution in [3.05, 3.63) is 34.9 Å². The molecule has 1 saturated carbocycles. The molecule has 1 N–H and O–H groups in total. The van der Waals surface area contributed by atoms with Crippen molar-refractivity contribution in [2.45, 2.75) is 25.7 Å². The molecule has 0 saturated heterocycles. The summed E-state index contributed by atoms with van der Waals surface area (Å²) in [6.45, 7) is 1.13. The lowest BCUT2D eigenvalue weighted by molar-refractivity contribution is 0.202. The van der Waals surface area contributed by atoms with Gasteiger partial charge in [-0.15, -0.1) is 0 Å². The first-order valence-corrected chi connectivity index (χ1v) is 6.56. The lowest BCUT2D eigenvalue weighted by Crippen LogP contribution is -2.31. The van der Waals surface area contributed by atoms with Crippen LogP contribution in [0.5, 0.6) is 0 Å². The first-order chi connectivity index (χ1) is 7.79. The van der Waals surface area contributed by atoms with Crippen LogP contribution in [0.3, 0.4) is 0 Å². The molecule has 1 fully saturated rings. The molecule has 1 aromatic carbocycles. The van der Waals surface area contributed by atoms with Crippen LogP contribution in [-0.2, 0) is 6.42 Å². The second-order valence-corrected chi connectivity index (χ2v) is 5.28. The highest BCUT2D eigenvalue weighted by molar-refractivity contribution is 6.30. The molecule has 2 heteroatoms. The fourth-order valence-corrected chi connectivity index (χ4v) is 2.63. The van der Waals surface area contributed by atoms with Gasteiger partial charge in [0.2, 0.25) is 0 Å². The molecule has 1 aliphatic carbocycles. The summed E-state index contributed by atoms with van der Waals surface area (Å²) in [6, 6.07) is 8.30. The molecule has 1 unspecified atom stereocenters. The van der Waals surface area contributed by atoms with Gasteiger partial charge in [0.15, 0.2) is 0 Å². The highest BCUT2D eigenvalue weighted by Crippen LogP contribution is 2.35. The van der Waals surface area contributed by atoms with E-state index in [-0.39, 0.29) is 0 Å². The van der Waals surface area contributed by atoms with E-state index in [9.17, 15) is 0 Å². The summed E-state index contributed by atoms with van der Waals surface area (Å²) in [4.78, 5) is 0. The third-order valence-electron chi connectivity index (χ3n) is 3.69. The van der Waals surface area contributed by atoms with Gasteiger partial charge in [-0.3, -0.25) is 0 Å². The van der Waals surface area contributed by atoms with Gasteiger partial charge >= 0.3 is 0 Å². The minimum absolute atomic E-state index is 0.792. The van der Waals surface area contributed by atoms with Crippen molar-refractivity contribution in [3.63, 3.8) is 0 Å². The molecule has 0 amide bonds. The van der Waals surface area contributed by atoms with Crippen molar-refractivity contribution in [2.75, 3.05) is 13.6 Å². The number of nitrogens with one attached hydrogen (secondary N) is 1. The predicted molar refractivity (Wildman–Crippen MR) is 69.9 cm³/mol. The predicted octanol–water partition coefficient (Wildman–Crippen LogP) is 3.52. The molecule has 1 nitrogen and oxygen atoms in total. The van der Waals surface area contributed by atoms with Crippen LogP contribution >= 0.6 is 11.6 Å². The number of hydrogen-bond donors (Lipinski definition) is 1. The van der Waals surface area contributed by atoms with Gasteiger partial charge in [-0.1, -0.05) is 43.0 Å². The average molecular weight is 238 g/mol. The molecule has 0 bridgehead atoms. The Balaban J connectivity index is 1.96. The van der Waals surface area contributed by atoms with Crippen LogP contribution in [0.2, 0.25) is 5.02 Å². The molecule has 1 aliphatic rings. The van der Waals surface area contributed by atoms with E-state index < -0.39 is 0 Å². The Hall–Kier alpha value is -0.530. The first kappa shape index (κ1) is 11.9. The first-order valence-electron chi connectivity index (χ1n) is 6.18. The van der Waals surface area contributed by atoms with Crippen LogP contribution < -0.4 is 5.32 Å². The normalized spacial score (nSPS) is 18.1. The van der Waals surface area contributed by atoms with E-state index >= 15 is 0 Å². The smallest absolute Gasteiger partial charge is 0.0406 e. The molecule has 0 spiro atoms. The molecule has 88 valence electrons. The van der Waals surface area contributed by atoms with E-state index in [0.717, 1.165) is 23.4 Å². The zero-order valence-electron chi connectivity index (χ0n) is 9.88. The second-order valence-electron chi connectivity index (χ2n) is 4.84. The Bertz CT molecular complexity index is 316. The standard InChI is InChI=1S/C14H20ClN/c1-16-10-13(12-3-2-4-12)9-11-5-7-14(15)8-6-11/h5-8,12-13,16H,2-4,9-10H2,1H3. The summed E-state index contributed by atoms with van der Waals surface area (Å²) in [6.07, 6.45) is 5.44. The van der Waals surface area contributed by atoms with Crippen molar-refractivity contribution in [1.82, 2.24) is 5.32 Å². The fraction of sp³-hybridized carbons (Fsp3) is 0.571. The zero-order valence-corrected chi connectivity index (χ0v) is 10.6. The number of rotatable bonds is 5. The maximum atomic E-state index is 5.90. The molecule has 0 aromatic heterocycles. The molecule has 2 rings (SSSR count). The Labute approximate surface area is 103 Å². The maximum Gasteiger partial charge on any atom is 0.0406 e. The van der Waals surface area contributed by atoms with E-state index in [4.69, 9.17) is 11.6 Å². The molecule has 16 heavy (non-hydrogen) atoms. The van der Waals surface area contributed by atoms with E-state index in [1.54, 1.807) is 0 Å². The van der Waals surface area contributed by atoms with Crippen LogP contribution in [0.1, 0.15) is 24.8 Å². The summed E-state index contributed by atoms with van der Waals surface area (Å²) < 4.78 is 0. The quantitative estimate of drug-likeness (QED) is 0.827. The third kappa shape index (κ3) is 2.99. The van der Waals surface area contributed by atoms with Crippen LogP contribution in [0.15, 0.2) is 24.3 Å². The monoisotopic (exact) mass is 237 g/mol. The van der Waals surface area contributed by atoms with Gasteiger partial charge in [0, 0.05) is 5.02 Å². The zero-order chi connectivity index (χ0) is 11.4. The van der Waals surface area contributed by atoms with Crippen molar-refractivity contribution in [1.29, 1.82) is 0 Å². The highest BCUT2D eigenvalue weighted by Gasteiger charge is 2.26. The van der Waals surface area contributed by atoms with Crippen molar-refractivity contribution in [2.24, 2.45) is 11.8 Å². The molecular formula is C14H20ClN. The average Bonchev–Trinajstić information content (AvgIpc) is 2.19. The lowest BCUT2D eigenvalue weighted by Gasteiger charge is -2.34. The molecule has 0 aliphatic heterocycles. The maximum absolute atomic E-state index is 5.90. The van der Waals surface area contributed by atoms with Gasteiger partial charge in [-0.2, -0.15) is 0 Å². The second kappa shape index (κ2) is 5.70. The van der Waals surface area contributed by atoms with Gasteiger partial charge in [-0.25, -0.2) is 0 Å². The Morgan fingerprint density at radius 3 is 2.50 bits per heavy atom. The topological polar surface area (TPSA) is 12.0 Å². The SMILES string of the molecule is CNCC(Cc1ccc(Cl)cc1)C1CCC1. The third-order valence-corrected chi connectivity index (χ3v) is 3.95. The molecule has 1 aromatic rings. The highest BCUT2D eigenvalue weighted by atomic mass is 35.5. The van der Waals surface area contributed by atoms with Crippen molar-refractivity contribution in [3.8, 4) is 0 Å². The minimum atomic E-state index is 0.792. The van der Waals surface area contributed by atoms with E-state index in [1.807, 2.05) is 19.2 Å². The summed E-state index contributed by atoms with van der Waals surface area (Å²) in [5, 5.41) is 4.15. The van der Waals surface area contributed by atoms with Crippen molar-refractivity contribution < 1.29 is 0 Å². The Kier molecular flexibility index (Phi) is 4.25. The number of hydrogen-bond acceptors (Lipinski definition) is 1. The lowest BCUT2D eigenvalue weighted by atomic mass is 9.73. The largest absolute Gasteiger partial charge is 0.319 e. The Morgan fingerprint density at radius 2 is 2.00 bits per heavy atom. The van der Waals surface area contributed by atoms with Crippen LogP contribution in [0.4, 0.5) is 0 Å². The van der Waals surface area contributed by atoms with Gasteiger partial charge in [0.1, 0.15) is 0 Å². The fourth-order valence-electron chi connectivity index (χ4n) is 2.50. The summed E-state index contributed by atoms with van der Waals surface area (Å²) in [7, 11) is 2.05. The Morgan fingerprint density at radius 1 is 1.31 bits per heavy atom. The van der Waals surface area contributed by atoms with Crippen LogP contribution in [-0.4, -0.2) is 13.6 Å². The molecule has 0 heterocycles.